The third-order valence-corrected chi connectivity index (χ3v) is 3.59. The lowest BCUT2D eigenvalue weighted by Gasteiger charge is -2.23. The Morgan fingerprint density at radius 3 is 2.19 bits per heavy atom. The molecule has 3 heteroatoms. The standard InChI is InChI=1S/C18H22N2O/c1-13(2)17(15-6-4-3-5-7-15)20-12-14-8-10-16(11-9-14)18(19)21/h3-11,13,17,20H,12H2,1-2H3,(H2,19,21). The number of carbonyl (C=O) groups is 1. The quantitative estimate of drug-likeness (QED) is 0.854. The first-order chi connectivity index (χ1) is 10.1. The van der Waals surface area contributed by atoms with Gasteiger partial charge in [-0.25, -0.2) is 0 Å². The van der Waals surface area contributed by atoms with Crippen molar-refractivity contribution in [2.45, 2.75) is 26.4 Å². The maximum atomic E-state index is 11.1. The summed E-state index contributed by atoms with van der Waals surface area (Å²) in [5.74, 6) is 0.108. The maximum Gasteiger partial charge on any atom is 0.248 e. The average Bonchev–Trinajstić information content (AvgIpc) is 2.48. The number of rotatable bonds is 6. The summed E-state index contributed by atoms with van der Waals surface area (Å²) in [4.78, 5) is 11.1. The smallest absolute Gasteiger partial charge is 0.248 e. The predicted octanol–water partition coefficient (Wildman–Crippen LogP) is 3.27. The van der Waals surface area contributed by atoms with Crippen LogP contribution in [0, 0.1) is 5.92 Å². The van der Waals surface area contributed by atoms with E-state index in [0.29, 0.717) is 17.5 Å². The number of nitrogens with one attached hydrogen (secondary N) is 1. The highest BCUT2D eigenvalue weighted by molar-refractivity contribution is 5.92. The molecule has 2 aromatic carbocycles. The van der Waals surface area contributed by atoms with Gasteiger partial charge in [-0.1, -0.05) is 56.3 Å². The van der Waals surface area contributed by atoms with Crippen LogP contribution >= 0.6 is 0 Å². The van der Waals surface area contributed by atoms with Crippen molar-refractivity contribution in [1.29, 1.82) is 0 Å². The van der Waals surface area contributed by atoms with Gasteiger partial charge in [0.25, 0.3) is 0 Å². The third kappa shape index (κ3) is 4.17. The Kier molecular flexibility index (Phi) is 5.12. The molecular weight excluding hydrogens is 260 g/mol. The Bertz CT molecular complexity index is 576. The number of hydrogen-bond donors (Lipinski definition) is 2. The van der Waals surface area contributed by atoms with E-state index in [1.807, 2.05) is 18.2 Å². The van der Waals surface area contributed by atoms with Gasteiger partial charge in [-0.2, -0.15) is 0 Å². The van der Waals surface area contributed by atoms with E-state index in [9.17, 15) is 4.79 Å². The number of hydrogen-bond acceptors (Lipinski definition) is 2. The van der Waals surface area contributed by atoms with Crippen molar-refractivity contribution in [1.82, 2.24) is 5.32 Å². The van der Waals surface area contributed by atoms with E-state index in [1.165, 1.54) is 5.56 Å². The monoisotopic (exact) mass is 282 g/mol. The molecule has 0 saturated heterocycles. The molecule has 0 aliphatic rings. The number of nitrogens with two attached hydrogens (primary N) is 1. The fraction of sp³-hybridized carbons (Fsp3) is 0.278. The minimum atomic E-state index is -0.390. The summed E-state index contributed by atoms with van der Waals surface area (Å²) in [6, 6.07) is 18.2. The Hall–Kier alpha value is -2.13. The molecule has 3 nitrogen and oxygen atoms in total. The summed E-state index contributed by atoms with van der Waals surface area (Å²) in [7, 11) is 0. The van der Waals surface area contributed by atoms with Gasteiger partial charge in [0.05, 0.1) is 0 Å². The van der Waals surface area contributed by atoms with Crippen molar-refractivity contribution in [2.75, 3.05) is 0 Å². The van der Waals surface area contributed by atoms with Crippen LogP contribution in [-0.4, -0.2) is 5.91 Å². The van der Waals surface area contributed by atoms with Gasteiger partial charge in [-0.3, -0.25) is 4.79 Å². The molecule has 1 atom stereocenters. The van der Waals surface area contributed by atoms with Crippen molar-refractivity contribution >= 4 is 5.91 Å². The van der Waals surface area contributed by atoms with Crippen LogP contribution in [0.5, 0.6) is 0 Å². The maximum absolute atomic E-state index is 11.1. The zero-order chi connectivity index (χ0) is 15.2. The van der Waals surface area contributed by atoms with Crippen LogP contribution in [0.2, 0.25) is 0 Å². The van der Waals surface area contributed by atoms with Gasteiger partial charge in [-0.15, -0.1) is 0 Å². The first kappa shape index (κ1) is 15.3. The van der Waals surface area contributed by atoms with Gasteiger partial charge in [0, 0.05) is 18.2 Å². The number of carbonyl (C=O) groups excluding carboxylic acids is 1. The lowest BCUT2D eigenvalue weighted by atomic mass is 9.96. The fourth-order valence-electron chi connectivity index (χ4n) is 2.41. The van der Waals surface area contributed by atoms with Crippen LogP contribution in [0.15, 0.2) is 54.6 Å². The Balaban J connectivity index is 2.04. The van der Waals surface area contributed by atoms with E-state index >= 15 is 0 Å². The number of benzene rings is 2. The van der Waals surface area contributed by atoms with Crippen LogP contribution in [-0.2, 0) is 6.54 Å². The van der Waals surface area contributed by atoms with Crippen LogP contribution < -0.4 is 11.1 Å². The molecule has 21 heavy (non-hydrogen) atoms. The van der Waals surface area contributed by atoms with E-state index < -0.39 is 0 Å². The zero-order valence-electron chi connectivity index (χ0n) is 12.5. The van der Waals surface area contributed by atoms with E-state index in [1.54, 1.807) is 12.1 Å². The summed E-state index contributed by atoms with van der Waals surface area (Å²) >= 11 is 0. The van der Waals surface area contributed by atoms with Crippen molar-refractivity contribution in [3.05, 3.63) is 71.3 Å². The summed E-state index contributed by atoms with van der Waals surface area (Å²) < 4.78 is 0. The molecule has 0 aromatic heterocycles. The second kappa shape index (κ2) is 7.04. The largest absolute Gasteiger partial charge is 0.366 e. The molecule has 0 radical (unpaired) electrons. The highest BCUT2D eigenvalue weighted by atomic mass is 16.1. The van der Waals surface area contributed by atoms with Crippen molar-refractivity contribution in [2.24, 2.45) is 11.7 Å². The molecule has 2 aromatic rings. The van der Waals surface area contributed by atoms with Gasteiger partial charge in [0.1, 0.15) is 0 Å². The van der Waals surface area contributed by atoms with Crippen LogP contribution in [0.4, 0.5) is 0 Å². The van der Waals surface area contributed by atoms with Crippen LogP contribution in [0.25, 0.3) is 0 Å². The molecular formula is C18H22N2O. The molecule has 1 unspecified atom stereocenters. The number of primary amides is 1. The molecule has 0 fully saturated rings. The van der Waals surface area contributed by atoms with Gasteiger partial charge in [0.2, 0.25) is 5.91 Å². The molecule has 0 aliphatic heterocycles. The van der Waals surface area contributed by atoms with E-state index in [-0.39, 0.29) is 5.91 Å². The number of amides is 1. The van der Waals surface area contributed by atoms with Crippen molar-refractivity contribution in [3.8, 4) is 0 Å². The zero-order valence-corrected chi connectivity index (χ0v) is 12.5. The highest BCUT2D eigenvalue weighted by Crippen LogP contribution is 2.21. The predicted molar refractivity (Wildman–Crippen MR) is 85.8 cm³/mol. The molecule has 2 rings (SSSR count). The summed E-state index contributed by atoms with van der Waals surface area (Å²) in [6.07, 6.45) is 0. The molecule has 3 N–H and O–H groups in total. The van der Waals surface area contributed by atoms with E-state index in [2.05, 4.69) is 43.4 Å². The molecule has 0 bridgehead atoms. The van der Waals surface area contributed by atoms with E-state index in [4.69, 9.17) is 5.73 Å². The normalized spacial score (nSPS) is 12.3. The van der Waals surface area contributed by atoms with Gasteiger partial charge in [-0.05, 0) is 29.2 Å². The second-order valence-electron chi connectivity index (χ2n) is 5.57. The Morgan fingerprint density at radius 2 is 1.67 bits per heavy atom. The molecule has 1 amide bonds. The summed E-state index contributed by atoms with van der Waals surface area (Å²) in [6.45, 7) is 5.18. The van der Waals surface area contributed by atoms with Crippen molar-refractivity contribution in [3.63, 3.8) is 0 Å². The minimum Gasteiger partial charge on any atom is -0.366 e. The molecule has 110 valence electrons. The van der Waals surface area contributed by atoms with Crippen molar-refractivity contribution < 1.29 is 4.79 Å². The first-order valence-electron chi connectivity index (χ1n) is 7.25. The van der Waals surface area contributed by atoms with Gasteiger partial charge >= 0.3 is 0 Å². The Morgan fingerprint density at radius 1 is 1.05 bits per heavy atom. The van der Waals surface area contributed by atoms with Gasteiger partial charge in [0.15, 0.2) is 0 Å². The molecule has 0 heterocycles. The Labute approximate surface area is 126 Å². The third-order valence-electron chi connectivity index (χ3n) is 3.59. The lowest BCUT2D eigenvalue weighted by molar-refractivity contribution is 0.100. The molecule has 0 spiro atoms. The van der Waals surface area contributed by atoms with Gasteiger partial charge < -0.3 is 11.1 Å². The molecule has 0 aliphatic carbocycles. The average molecular weight is 282 g/mol. The minimum absolute atomic E-state index is 0.307. The SMILES string of the molecule is CC(C)C(NCc1ccc(C(N)=O)cc1)c1ccccc1. The second-order valence-corrected chi connectivity index (χ2v) is 5.57. The molecule has 0 saturated carbocycles. The topological polar surface area (TPSA) is 55.1 Å². The summed E-state index contributed by atoms with van der Waals surface area (Å²) in [5, 5.41) is 3.58. The summed E-state index contributed by atoms with van der Waals surface area (Å²) in [5.41, 5.74) is 8.22. The first-order valence-corrected chi connectivity index (χ1v) is 7.25. The fourth-order valence-corrected chi connectivity index (χ4v) is 2.41. The van der Waals surface area contributed by atoms with E-state index in [0.717, 1.165) is 12.1 Å². The van der Waals surface area contributed by atoms with Crippen LogP contribution in [0.1, 0.15) is 41.4 Å². The van der Waals surface area contributed by atoms with Crippen LogP contribution in [0.3, 0.4) is 0 Å². The lowest BCUT2D eigenvalue weighted by Crippen LogP contribution is -2.25. The highest BCUT2D eigenvalue weighted by Gasteiger charge is 2.14.